The normalized spacial score (nSPS) is 11.7. The lowest BCUT2D eigenvalue weighted by molar-refractivity contribution is -0.123. The number of aromatic hydroxyl groups is 1. The van der Waals surface area contributed by atoms with Crippen molar-refractivity contribution in [1.82, 2.24) is 5.32 Å². The quantitative estimate of drug-likeness (QED) is 0.732. The standard InChI is InChI=1S/C18H21NO4/c1-2-13-3-5-14(6-4-13)17(21)11-19-18(22)12-23-16-9-7-15(20)8-10-16/h3-10,17,20-21H,2,11-12H2,1H3,(H,19,22). The van der Waals surface area contributed by atoms with Gasteiger partial charge in [-0.05, 0) is 41.8 Å². The second-order valence-electron chi connectivity index (χ2n) is 5.20. The van der Waals surface area contributed by atoms with Crippen LogP contribution in [-0.2, 0) is 11.2 Å². The predicted octanol–water partition coefficient (Wildman–Crippen LogP) is 2.18. The molecule has 0 spiro atoms. The molecule has 0 aliphatic rings. The van der Waals surface area contributed by atoms with Crippen molar-refractivity contribution in [2.75, 3.05) is 13.2 Å². The van der Waals surface area contributed by atoms with E-state index in [-0.39, 0.29) is 24.8 Å². The highest BCUT2D eigenvalue weighted by Crippen LogP contribution is 2.16. The minimum Gasteiger partial charge on any atom is -0.508 e. The highest BCUT2D eigenvalue weighted by atomic mass is 16.5. The van der Waals surface area contributed by atoms with Crippen molar-refractivity contribution in [1.29, 1.82) is 0 Å². The second kappa shape index (κ2) is 8.19. The van der Waals surface area contributed by atoms with Crippen LogP contribution in [0.1, 0.15) is 24.2 Å². The number of hydrogen-bond acceptors (Lipinski definition) is 4. The number of carbonyl (C=O) groups is 1. The van der Waals surface area contributed by atoms with Crippen molar-refractivity contribution >= 4 is 5.91 Å². The SMILES string of the molecule is CCc1ccc(C(O)CNC(=O)COc2ccc(O)cc2)cc1. The average Bonchev–Trinajstić information content (AvgIpc) is 2.59. The van der Waals surface area contributed by atoms with Gasteiger partial charge < -0.3 is 20.3 Å². The zero-order valence-electron chi connectivity index (χ0n) is 13.0. The van der Waals surface area contributed by atoms with E-state index < -0.39 is 6.10 Å². The highest BCUT2D eigenvalue weighted by molar-refractivity contribution is 5.77. The molecule has 0 fully saturated rings. The first-order valence-electron chi connectivity index (χ1n) is 7.54. The first kappa shape index (κ1) is 16.8. The Kier molecular flexibility index (Phi) is 6.00. The van der Waals surface area contributed by atoms with E-state index in [2.05, 4.69) is 12.2 Å². The molecule has 23 heavy (non-hydrogen) atoms. The Morgan fingerprint density at radius 1 is 1.13 bits per heavy atom. The fourth-order valence-corrected chi connectivity index (χ4v) is 2.05. The van der Waals surface area contributed by atoms with Gasteiger partial charge >= 0.3 is 0 Å². The zero-order chi connectivity index (χ0) is 16.7. The Hall–Kier alpha value is -2.53. The van der Waals surface area contributed by atoms with Crippen LogP contribution in [0.5, 0.6) is 11.5 Å². The van der Waals surface area contributed by atoms with Crippen molar-refractivity contribution in [3.8, 4) is 11.5 Å². The Labute approximate surface area is 135 Å². The lowest BCUT2D eigenvalue weighted by atomic mass is 10.1. The lowest BCUT2D eigenvalue weighted by Gasteiger charge is -2.13. The number of nitrogens with one attached hydrogen (secondary N) is 1. The molecule has 0 aliphatic heterocycles. The van der Waals surface area contributed by atoms with Crippen molar-refractivity contribution in [3.05, 3.63) is 59.7 Å². The molecular formula is C18H21NO4. The summed E-state index contributed by atoms with van der Waals surface area (Å²) in [6.45, 7) is 2.05. The Bertz CT molecular complexity index is 622. The maximum Gasteiger partial charge on any atom is 0.258 e. The molecular weight excluding hydrogens is 294 g/mol. The maximum absolute atomic E-state index is 11.7. The van der Waals surface area contributed by atoms with Crippen LogP contribution >= 0.6 is 0 Å². The number of amides is 1. The van der Waals surface area contributed by atoms with E-state index in [0.29, 0.717) is 5.75 Å². The molecule has 0 aliphatic carbocycles. The number of rotatable bonds is 7. The molecule has 0 aromatic heterocycles. The van der Waals surface area contributed by atoms with Crippen LogP contribution < -0.4 is 10.1 Å². The fourth-order valence-electron chi connectivity index (χ4n) is 2.05. The summed E-state index contributed by atoms with van der Waals surface area (Å²) in [7, 11) is 0. The van der Waals surface area contributed by atoms with E-state index in [9.17, 15) is 9.90 Å². The van der Waals surface area contributed by atoms with Crippen molar-refractivity contribution in [2.24, 2.45) is 0 Å². The van der Waals surface area contributed by atoms with Crippen LogP contribution in [0, 0.1) is 0 Å². The molecule has 0 saturated heterocycles. The molecule has 1 unspecified atom stereocenters. The molecule has 5 heteroatoms. The van der Waals surface area contributed by atoms with Gasteiger partial charge in [0.1, 0.15) is 11.5 Å². The molecule has 122 valence electrons. The molecule has 0 radical (unpaired) electrons. The lowest BCUT2D eigenvalue weighted by Crippen LogP contribution is -2.32. The predicted molar refractivity (Wildman–Crippen MR) is 87.4 cm³/mol. The Balaban J connectivity index is 1.75. The molecule has 3 N–H and O–H groups in total. The fraction of sp³-hybridized carbons (Fsp3) is 0.278. The topological polar surface area (TPSA) is 78.8 Å². The van der Waals surface area contributed by atoms with Gasteiger partial charge in [-0.25, -0.2) is 0 Å². The Morgan fingerprint density at radius 3 is 2.39 bits per heavy atom. The van der Waals surface area contributed by atoms with Gasteiger partial charge in [-0.1, -0.05) is 31.2 Å². The van der Waals surface area contributed by atoms with E-state index in [1.807, 2.05) is 24.3 Å². The summed E-state index contributed by atoms with van der Waals surface area (Å²) in [6.07, 6.45) is 0.195. The van der Waals surface area contributed by atoms with Gasteiger partial charge in [0.05, 0.1) is 6.10 Å². The third-order valence-electron chi connectivity index (χ3n) is 3.47. The van der Waals surface area contributed by atoms with Gasteiger partial charge in [0.2, 0.25) is 0 Å². The number of hydrogen-bond donors (Lipinski definition) is 3. The van der Waals surface area contributed by atoms with Crippen LogP contribution in [0.2, 0.25) is 0 Å². The largest absolute Gasteiger partial charge is 0.508 e. The monoisotopic (exact) mass is 315 g/mol. The summed E-state index contributed by atoms with van der Waals surface area (Å²) in [6, 6.07) is 13.8. The van der Waals surface area contributed by atoms with E-state index in [4.69, 9.17) is 9.84 Å². The minimum absolute atomic E-state index is 0.128. The number of aliphatic hydroxyl groups excluding tert-OH is 1. The molecule has 0 bridgehead atoms. The first-order valence-corrected chi connectivity index (χ1v) is 7.54. The van der Waals surface area contributed by atoms with Crippen molar-refractivity contribution < 1.29 is 19.7 Å². The summed E-state index contributed by atoms with van der Waals surface area (Å²) in [4.78, 5) is 11.7. The number of ether oxygens (including phenoxy) is 1. The first-order chi connectivity index (χ1) is 11.1. The van der Waals surface area contributed by atoms with Gasteiger partial charge in [0, 0.05) is 6.54 Å². The average molecular weight is 315 g/mol. The summed E-state index contributed by atoms with van der Waals surface area (Å²) in [5.74, 6) is 0.315. The van der Waals surface area contributed by atoms with Gasteiger partial charge in [0.25, 0.3) is 5.91 Å². The number of aryl methyl sites for hydroxylation is 1. The molecule has 5 nitrogen and oxygen atoms in total. The number of aliphatic hydroxyl groups is 1. The number of carbonyl (C=O) groups excluding carboxylic acids is 1. The third-order valence-corrected chi connectivity index (χ3v) is 3.47. The molecule has 2 aromatic rings. The smallest absolute Gasteiger partial charge is 0.258 e. The number of benzene rings is 2. The summed E-state index contributed by atoms with van der Waals surface area (Å²) >= 11 is 0. The van der Waals surface area contributed by atoms with Gasteiger partial charge in [-0.15, -0.1) is 0 Å². The number of phenolic OH excluding ortho intramolecular Hbond substituents is 1. The van der Waals surface area contributed by atoms with Gasteiger partial charge in [0.15, 0.2) is 6.61 Å². The summed E-state index contributed by atoms with van der Waals surface area (Å²) in [5, 5.41) is 21.9. The van der Waals surface area contributed by atoms with E-state index in [1.165, 1.54) is 17.7 Å². The molecule has 1 atom stereocenters. The van der Waals surface area contributed by atoms with Crippen molar-refractivity contribution in [2.45, 2.75) is 19.4 Å². The molecule has 2 aromatic carbocycles. The second-order valence-corrected chi connectivity index (χ2v) is 5.20. The van der Waals surface area contributed by atoms with Crippen LogP contribution in [0.3, 0.4) is 0 Å². The summed E-state index contributed by atoms with van der Waals surface area (Å²) in [5.41, 5.74) is 1.97. The van der Waals surface area contributed by atoms with Gasteiger partial charge in [-0.2, -0.15) is 0 Å². The van der Waals surface area contributed by atoms with E-state index in [0.717, 1.165) is 12.0 Å². The van der Waals surface area contributed by atoms with Crippen LogP contribution in [0.25, 0.3) is 0 Å². The van der Waals surface area contributed by atoms with E-state index >= 15 is 0 Å². The molecule has 0 saturated carbocycles. The molecule has 0 heterocycles. The summed E-state index contributed by atoms with van der Waals surface area (Å²) < 4.78 is 5.29. The van der Waals surface area contributed by atoms with Crippen LogP contribution in [-0.4, -0.2) is 29.3 Å². The maximum atomic E-state index is 11.7. The molecule has 2 rings (SSSR count). The molecule has 1 amide bonds. The zero-order valence-corrected chi connectivity index (χ0v) is 13.0. The third kappa shape index (κ3) is 5.30. The van der Waals surface area contributed by atoms with Crippen LogP contribution in [0.4, 0.5) is 0 Å². The van der Waals surface area contributed by atoms with Crippen molar-refractivity contribution in [3.63, 3.8) is 0 Å². The van der Waals surface area contributed by atoms with Crippen LogP contribution in [0.15, 0.2) is 48.5 Å². The van der Waals surface area contributed by atoms with Gasteiger partial charge in [-0.3, -0.25) is 4.79 Å². The minimum atomic E-state index is -0.751. The highest BCUT2D eigenvalue weighted by Gasteiger charge is 2.10. The Morgan fingerprint density at radius 2 is 1.78 bits per heavy atom. The van der Waals surface area contributed by atoms with E-state index in [1.54, 1.807) is 12.1 Å². The number of phenols is 1.